The van der Waals surface area contributed by atoms with E-state index in [1.54, 1.807) is 24.4 Å². The van der Waals surface area contributed by atoms with Gasteiger partial charge in [-0.2, -0.15) is 10.1 Å². The summed E-state index contributed by atoms with van der Waals surface area (Å²) >= 11 is 6.17. The largest absolute Gasteiger partial charge is 0.465 e. The molecule has 0 aliphatic heterocycles. The monoisotopic (exact) mass is 347 g/mol. The molecule has 1 heterocycles. The molecular formula is C16H18ClN5O2. The Morgan fingerprint density at radius 1 is 1.33 bits per heavy atom. The topological polar surface area (TPSA) is 89.0 Å². The average Bonchev–Trinajstić information content (AvgIpc) is 3.09. The molecule has 0 atom stereocenters. The highest BCUT2D eigenvalue weighted by atomic mass is 35.5. The van der Waals surface area contributed by atoms with Crippen LogP contribution in [0.25, 0.3) is 0 Å². The Morgan fingerprint density at radius 2 is 2.12 bits per heavy atom. The number of hydrogen-bond acceptors (Lipinski definition) is 7. The molecule has 1 aliphatic carbocycles. The number of hydrogen-bond donors (Lipinski definition) is 2. The van der Waals surface area contributed by atoms with E-state index in [2.05, 4.69) is 25.8 Å². The van der Waals surface area contributed by atoms with Crippen LogP contribution in [-0.4, -0.2) is 34.3 Å². The van der Waals surface area contributed by atoms with Crippen LogP contribution in [0.1, 0.15) is 36.0 Å². The SMILES string of the molecule is COC(=O)c1ccc(Cl)c(Nc2nncc(NC3CCCC3)n2)c1. The van der Waals surface area contributed by atoms with Crippen LogP contribution >= 0.6 is 11.6 Å². The normalized spacial score (nSPS) is 14.4. The number of nitrogens with one attached hydrogen (secondary N) is 2. The van der Waals surface area contributed by atoms with Gasteiger partial charge in [0.25, 0.3) is 0 Å². The van der Waals surface area contributed by atoms with Gasteiger partial charge in [-0.15, -0.1) is 5.10 Å². The van der Waals surface area contributed by atoms with Gasteiger partial charge < -0.3 is 15.4 Å². The van der Waals surface area contributed by atoms with Crippen molar-refractivity contribution >= 4 is 35.0 Å². The van der Waals surface area contributed by atoms with Crippen molar-refractivity contribution in [3.63, 3.8) is 0 Å². The Bertz CT molecular complexity index is 734. The van der Waals surface area contributed by atoms with Crippen LogP contribution in [0.2, 0.25) is 5.02 Å². The number of methoxy groups -OCH3 is 1. The number of halogens is 1. The zero-order chi connectivity index (χ0) is 16.9. The van der Waals surface area contributed by atoms with E-state index in [9.17, 15) is 4.79 Å². The second-order valence-corrected chi connectivity index (χ2v) is 6.01. The van der Waals surface area contributed by atoms with Gasteiger partial charge in [0.2, 0.25) is 5.95 Å². The van der Waals surface area contributed by atoms with Crippen LogP contribution in [0, 0.1) is 0 Å². The maximum absolute atomic E-state index is 11.6. The maximum Gasteiger partial charge on any atom is 0.337 e. The number of ether oxygens (including phenoxy) is 1. The minimum atomic E-state index is -0.439. The van der Waals surface area contributed by atoms with Gasteiger partial charge in [-0.1, -0.05) is 24.4 Å². The molecule has 1 aromatic heterocycles. The molecule has 1 aliphatic rings. The number of aromatic nitrogens is 3. The lowest BCUT2D eigenvalue weighted by molar-refractivity contribution is 0.0601. The summed E-state index contributed by atoms with van der Waals surface area (Å²) < 4.78 is 4.71. The van der Waals surface area contributed by atoms with Crippen molar-refractivity contribution in [2.75, 3.05) is 17.7 Å². The highest BCUT2D eigenvalue weighted by molar-refractivity contribution is 6.33. The van der Waals surface area contributed by atoms with Gasteiger partial charge in [-0.3, -0.25) is 0 Å². The summed E-state index contributed by atoms with van der Waals surface area (Å²) in [6, 6.07) is 5.23. The average molecular weight is 348 g/mol. The van der Waals surface area contributed by atoms with Crippen LogP contribution in [0.3, 0.4) is 0 Å². The summed E-state index contributed by atoms with van der Waals surface area (Å²) in [6.45, 7) is 0. The van der Waals surface area contributed by atoms with E-state index in [0.717, 1.165) is 12.8 Å². The molecule has 1 saturated carbocycles. The Morgan fingerprint density at radius 3 is 2.88 bits per heavy atom. The van der Waals surface area contributed by atoms with Crippen LogP contribution in [-0.2, 0) is 4.74 Å². The molecular weight excluding hydrogens is 330 g/mol. The number of nitrogens with zero attached hydrogens (tertiary/aromatic N) is 3. The Kier molecular flexibility index (Phi) is 5.10. The van der Waals surface area contributed by atoms with E-state index in [0.29, 0.717) is 34.1 Å². The molecule has 126 valence electrons. The Labute approximate surface area is 144 Å². The molecule has 0 spiro atoms. The third-order valence-electron chi connectivity index (χ3n) is 3.90. The van der Waals surface area contributed by atoms with Crippen molar-refractivity contribution < 1.29 is 9.53 Å². The van der Waals surface area contributed by atoms with Gasteiger partial charge in [-0.05, 0) is 31.0 Å². The van der Waals surface area contributed by atoms with Crippen LogP contribution in [0.4, 0.5) is 17.5 Å². The second-order valence-electron chi connectivity index (χ2n) is 5.60. The zero-order valence-electron chi connectivity index (χ0n) is 13.3. The highest BCUT2D eigenvalue weighted by Crippen LogP contribution is 2.26. The standard InChI is InChI=1S/C16H18ClN5O2/c1-24-15(23)10-6-7-12(17)13(8-10)20-16-21-14(9-18-22-16)19-11-4-2-3-5-11/h6-9,11H,2-5H2,1H3,(H2,19,20,21,22). The van der Waals surface area contributed by atoms with E-state index in [4.69, 9.17) is 16.3 Å². The zero-order valence-corrected chi connectivity index (χ0v) is 14.0. The van der Waals surface area contributed by atoms with Crippen LogP contribution < -0.4 is 10.6 Å². The fourth-order valence-electron chi connectivity index (χ4n) is 2.69. The molecule has 1 aromatic carbocycles. The van der Waals surface area contributed by atoms with E-state index >= 15 is 0 Å². The molecule has 7 nitrogen and oxygen atoms in total. The summed E-state index contributed by atoms with van der Waals surface area (Å²) in [5, 5.41) is 14.7. The fraction of sp³-hybridized carbons (Fsp3) is 0.375. The molecule has 0 unspecified atom stereocenters. The summed E-state index contributed by atoms with van der Waals surface area (Å²) in [7, 11) is 1.33. The molecule has 0 radical (unpaired) electrons. The Hall–Kier alpha value is -2.41. The first kappa shape index (κ1) is 16.4. The summed E-state index contributed by atoms with van der Waals surface area (Å²) in [6.07, 6.45) is 6.34. The van der Waals surface area contributed by atoms with Crippen molar-refractivity contribution in [3.8, 4) is 0 Å². The summed E-state index contributed by atoms with van der Waals surface area (Å²) in [5.74, 6) is 0.534. The molecule has 0 bridgehead atoms. The number of carbonyl (C=O) groups is 1. The van der Waals surface area contributed by atoms with E-state index in [1.165, 1.54) is 20.0 Å². The van der Waals surface area contributed by atoms with Crippen molar-refractivity contribution in [1.82, 2.24) is 15.2 Å². The van der Waals surface area contributed by atoms with Crippen molar-refractivity contribution in [3.05, 3.63) is 35.0 Å². The first-order valence-electron chi connectivity index (χ1n) is 7.77. The van der Waals surface area contributed by atoms with Crippen molar-refractivity contribution in [2.24, 2.45) is 0 Å². The predicted molar refractivity (Wildman–Crippen MR) is 91.8 cm³/mol. The highest BCUT2D eigenvalue weighted by Gasteiger charge is 2.16. The fourth-order valence-corrected chi connectivity index (χ4v) is 2.86. The number of rotatable bonds is 5. The van der Waals surface area contributed by atoms with E-state index in [-0.39, 0.29) is 0 Å². The molecule has 2 aromatic rings. The lowest BCUT2D eigenvalue weighted by atomic mass is 10.2. The van der Waals surface area contributed by atoms with Gasteiger partial charge >= 0.3 is 5.97 Å². The molecule has 0 amide bonds. The number of benzene rings is 1. The minimum Gasteiger partial charge on any atom is -0.465 e. The Balaban J connectivity index is 1.76. The molecule has 8 heteroatoms. The maximum atomic E-state index is 11.6. The van der Waals surface area contributed by atoms with Crippen LogP contribution in [0.5, 0.6) is 0 Å². The van der Waals surface area contributed by atoms with E-state index in [1.807, 2.05) is 0 Å². The quantitative estimate of drug-likeness (QED) is 0.801. The first-order chi connectivity index (χ1) is 11.7. The molecule has 1 fully saturated rings. The van der Waals surface area contributed by atoms with E-state index < -0.39 is 5.97 Å². The summed E-state index contributed by atoms with van der Waals surface area (Å²) in [5.41, 5.74) is 0.900. The lowest BCUT2D eigenvalue weighted by Crippen LogP contribution is -2.16. The van der Waals surface area contributed by atoms with Crippen LogP contribution in [0.15, 0.2) is 24.4 Å². The van der Waals surface area contributed by atoms with Gasteiger partial charge in [-0.25, -0.2) is 4.79 Å². The predicted octanol–water partition coefficient (Wildman–Crippen LogP) is 3.41. The summed E-state index contributed by atoms with van der Waals surface area (Å²) in [4.78, 5) is 16.0. The van der Waals surface area contributed by atoms with Gasteiger partial charge in [0.1, 0.15) is 0 Å². The van der Waals surface area contributed by atoms with Gasteiger partial charge in [0.15, 0.2) is 5.82 Å². The minimum absolute atomic E-state index is 0.307. The molecule has 2 N–H and O–H groups in total. The van der Waals surface area contributed by atoms with Gasteiger partial charge in [0.05, 0.1) is 29.6 Å². The number of carbonyl (C=O) groups excluding carboxylic acids is 1. The van der Waals surface area contributed by atoms with Crippen molar-refractivity contribution in [2.45, 2.75) is 31.7 Å². The third-order valence-corrected chi connectivity index (χ3v) is 4.23. The first-order valence-corrected chi connectivity index (χ1v) is 8.14. The van der Waals surface area contributed by atoms with Crippen molar-refractivity contribution in [1.29, 1.82) is 0 Å². The molecule has 0 saturated heterocycles. The molecule has 24 heavy (non-hydrogen) atoms. The second kappa shape index (κ2) is 7.44. The number of anilines is 3. The smallest absolute Gasteiger partial charge is 0.337 e. The van der Waals surface area contributed by atoms with Gasteiger partial charge in [0, 0.05) is 6.04 Å². The number of esters is 1. The lowest BCUT2D eigenvalue weighted by Gasteiger charge is -2.13. The molecule has 3 rings (SSSR count). The third kappa shape index (κ3) is 3.91.